The first-order chi connectivity index (χ1) is 9.56. The lowest BCUT2D eigenvalue weighted by atomic mass is 10.4. The van der Waals surface area contributed by atoms with Crippen molar-refractivity contribution in [3.05, 3.63) is 51.1 Å². The Morgan fingerprint density at radius 1 is 1.25 bits per heavy atom. The van der Waals surface area contributed by atoms with Crippen molar-refractivity contribution in [1.29, 1.82) is 0 Å². The largest absolute Gasteiger partial charge is 0.344 e. The van der Waals surface area contributed by atoms with Gasteiger partial charge < -0.3 is 9.88 Å². The molecule has 0 aliphatic heterocycles. The standard InChI is InChI=1S/C9H15N3O.C4H4N2O/c1-4-12(5-2)9-10-7(3)6-8(13)11-9;7-4-5-2-1-3-6-4/h6H,4-5H2,1-3H3,(H,10,11,13);1-3H,(H,5,6,7). The number of H-pyrrole nitrogens is 2. The molecule has 20 heavy (non-hydrogen) atoms. The average molecular weight is 277 g/mol. The van der Waals surface area contributed by atoms with E-state index in [1.165, 1.54) is 18.5 Å². The van der Waals surface area contributed by atoms with Crippen LogP contribution in [0.15, 0.2) is 34.1 Å². The van der Waals surface area contributed by atoms with E-state index in [1.807, 2.05) is 25.7 Å². The number of hydrogen-bond acceptors (Lipinski definition) is 5. The monoisotopic (exact) mass is 277 g/mol. The Kier molecular flexibility index (Phi) is 6.15. The van der Waals surface area contributed by atoms with E-state index in [2.05, 4.69) is 19.9 Å². The predicted octanol–water partition coefficient (Wildman–Crippen LogP) is 0.694. The molecule has 2 aromatic heterocycles. The minimum absolute atomic E-state index is 0.0885. The Morgan fingerprint density at radius 2 is 1.95 bits per heavy atom. The molecule has 108 valence electrons. The molecule has 0 bridgehead atoms. The Hall–Kier alpha value is -2.44. The molecule has 0 amide bonds. The SMILES string of the molecule is CCN(CC)c1nc(C)cc(=O)[nH]1.O=c1nccc[nH]1. The van der Waals surface area contributed by atoms with Crippen LogP contribution in [0.3, 0.4) is 0 Å². The van der Waals surface area contributed by atoms with E-state index in [-0.39, 0.29) is 11.2 Å². The van der Waals surface area contributed by atoms with Crippen molar-refractivity contribution < 1.29 is 0 Å². The number of aromatic nitrogens is 4. The van der Waals surface area contributed by atoms with Gasteiger partial charge in [-0.05, 0) is 26.8 Å². The van der Waals surface area contributed by atoms with Crippen molar-refractivity contribution >= 4 is 5.95 Å². The Bertz CT molecular complexity index is 613. The van der Waals surface area contributed by atoms with Crippen LogP contribution in [0.2, 0.25) is 0 Å². The quantitative estimate of drug-likeness (QED) is 0.861. The summed E-state index contributed by atoms with van der Waals surface area (Å²) in [7, 11) is 0. The van der Waals surface area contributed by atoms with Gasteiger partial charge in [-0.3, -0.25) is 9.78 Å². The van der Waals surface area contributed by atoms with Crippen LogP contribution in [0.25, 0.3) is 0 Å². The van der Waals surface area contributed by atoms with Crippen LogP contribution in [-0.2, 0) is 0 Å². The minimum Gasteiger partial charge on any atom is -0.343 e. The van der Waals surface area contributed by atoms with E-state index < -0.39 is 0 Å². The Labute approximate surface area is 116 Å². The van der Waals surface area contributed by atoms with Crippen molar-refractivity contribution in [2.75, 3.05) is 18.0 Å². The molecule has 7 nitrogen and oxygen atoms in total. The molecule has 0 fully saturated rings. The number of rotatable bonds is 3. The Morgan fingerprint density at radius 3 is 2.35 bits per heavy atom. The number of nitrogens with one attached hydrogen (secondary N) is 2. The highest BCUT2D eigenvalue weighted by atomic mass is 16.1. The first kappa shape index (κ1) is 15.6. The van der Waals surface area contributed by atoms with Crippen molar-refractivity contribution in [3.63, 3.8) is 0 Å². The molecule has 0 unspecified atom stereocenters. The number of anilines is 1. The number of aromatic amines is 2. The second-order valence-electron chi connectivity index (χ2n) is 3.97. The molecule has 0 aromatic carbocycles. The van der Waals surface area contributed by atoms with Crippen molar-refractivity contribution in [3.8, 4) is 0 Å². The van der Waals surface area contributed by atoms with E-state index in [9.17, 15) is 9.59 Å². The maximum Gasteiger partial charge on any atom is 0.344 e. The van der Waals surface area contributed by atoms with Gasteiger partial charge in [0.1, 0.15) is 0 Å². The van der Waals surface area contributed by atoms with Crippen molar-refractivity contribution in [2.45, 2.75) is 20.8 Å². The van der Waals surface area contributed by atoms with Crippen molar-refractivity contribution in [2.24, 2.45) is 0 Å². The van der Waals surface area contributed by atoms with Gasteiger partial charge in [0.15, 0.2) is 0 Å². The number of nitrogens with zero attached hydrogens (tertiary/aromatic N) is 3. The molecule has 0 aliphatic rings. The zero-order valence-corrected chi connectivity index (χ0v) is 11.9. The van der Waals surface area contributed by atoms with Gasteiger partial charge in [0.05, 0.1) is 0 Å². The molecule has 7 heteroatoms. The lowest BCUT2D eigenvalue weighted by Crippen LogP contribution is -2.26. The van der Waals surface area contributed by atoms with Crippen LogP contribution in [0.5, 0.6) is 0 Å². The summed E-state index contributed by atoms with van der Waals surface area (Å²) < 4.78 is 0. The molecular weight excluding hydrogens is 258 g/mol. The van der Waals surface area contributed by atoms with E-state index in [4.69, 9.17) is 0 Å². The maximum absolute atomic E-state index is 11.1. The summed E-state index contributed by atoms with van der Waals surface area (Å²) >= 11 is 0. The number of hydrogen-bond donors (Lipinski definition) is 2. The fourth-order valence-electron chi connectivity index (χ4n) is 1.55. The van der Waals surface area contributed by atoms with Crippen LogP contribution < -0.4 is 16.1 Å². The third-order valence-corrected chi connectivity index (χ3v) is 2.50. The highest BCUT2D eigenvalue weighted by Gasteiger charge is 2.04. The lowest BCUT2D eigenvalue weighted by Gasteiger charge is -2.18. The van der Waals surface area contributed by atoms with Gasteiger partial charge >= 0.3 is 5.69 Å². The van der Waals surface area contributed by atoms with Crippen LogP contribution in [-0.4, -0.2) is 33.0 Å². The van der Waals surface area contributed by atoms with Gasteiger partial charge in [0, 0.05) is 37.2 Å². The fourth-order valence-corrected chi connectivity index (χ4v) is 1.55. The number of aryl methyl sites for hydroxylation is 1. The molecular formula is C13H19N5O2. The first-order valence-electron chi connectivity index (χ1n) is 6.39. The molecule has 0 aliphatic carbocycles. The van der Waals surface area contributed by atoms with Gasteiger partial charge in [-0.25, -0.2) is 14.8 Å². The molecule has 0 saturated heterocycles. The summed E-state index contributed by atoms with van der Waals surface area (Å²) in [4.78, 5) is 35.9. The van der Waals surface area contributed by atoms with Crippen LogP contribution in [0.4, 0.5) is 5.95 Å². The van der Waals surface area contributed by atoms with Crippen molar-refractivity contribution in [1.82, 2.24) is 19.9 Å². The summed E-state index contributed by atoms with van der Waals surface area (Å²) in [6.07, 6.45) is 2.98. The second-order valence-corrected chi connectivity index (χ2v) is 3.97. The maximum atomic E-state index is 11.1. The summed E-state index contributed by atoms with van der Waals surface area (Å²) in [5, 5.41) is 0. The molecule has 0 atom stereocenters. The van der Waals surface area contributed by atoms with E-state index in [0.717, 1.165) is 18.8 Å². The summed E-state index contributed by atoms with van der Waals surface area (Å²) in [6.45, 7) is 7.59. The Balaban J connectivity index is 0.000000240. The minimum atomic E-state index is -0.303. The van der Waals surface area contributed by atoms with Gasteiger partial charge in [-0.15, -0.1) is 0 Å². The summed E-state index contributed by atoms with van der Waals surface area (Å²) in [5.74, 6) is 0.662. The van der Waals surface area contributed by atoms with E-state index >= 15 is 0 Å². The molecule has 2 heterocycles. The van der Waals surface area contributed by atoms with Gasteiger partial charge in [0.25, 0.3) is 5.56 Å². The molecule has 2 aromatic rings. The highest BCUT2D eigenvalue weighted by Crippen LogP contribution is 2.03. The van der Waals surface area contributed by atoms with E-state index in [0.29, 0.717) is 5.95 Å². The van der Waals surface area contributed by atoms with Gasteiger partial charge in [-0.2, -0.15) is 0 Å². The zero-order valence-electron chi connectivity index (χ0n) is 11.9. The smallest absolute Gasteiger partial charge is 0.343 e. The third-order valence-electron chi connectivity index (χ3n) is 2.50. The first-order valence-corrected chi connectivity index (χ1v) is 6.39. The molecule has 0 radical (unpaired) electrons. The molecule has 2 N–H and O–H groups in total. The van der Waals surface area contributed by atoms with Crippen LogP contribution in [0.1, 0.15) is 19.5 Å². The molecule has 0 spiro atoms. The molecule has 0 saturated carbocycles. The predicted molar refractivity (Wildman–Crippen MR) is 78.0 cm³/mol. The normalized spacial score (nSPS) is 9.55. The molecule has 2 rings (SSSR count). The van der Waals surface area contributed by atoms with Gasteiger partial charge in [0.2, 0.25) is 5.95 Å². The summed E-state index contributed by atoms with van der Waals surface area (Å²) in [6, 6.07) is 3.15. The summed E-state index contributed by atoms with van der Waals surface area (Å²) in [5.41, 5.74) is 0.363. The lowest BCUT2D eigenvalue weighted by molar-refractivity contribution is 0.811. The zero-order chi connectivity index (χ0) is 15.0. The fraction of sp³-hybridized carbons (Fsp3) is 0.385. The van der Waals surface area contributed by atoms with Gasteiger partial charge in [-0.1, -0.05) is 0 Å². The highest BCUT2D eigenvalue weighted by molar-refractivity contribution is 5.29. The second kappa shape index (κ2) is 7.88. The average Bonchev–Trinajstić information content (AvgIpc) is 2.40. The van der Waals surface area contributed by atoms with Crippen LogP contribution >= 0.6 is 0 Å². The third kappa shape index (κ3) is 5.05. The van der Waals surface area contributed by atoms with E-state index in [1.54, 1.807) is 6.07 Å². The topological polar surface area (TPSA) is 94.7 Å². The van der Waals surface area contributed by atoms with Crippen LogP contribution in [0, 0.1) is 6.92 Å².